The van der Waals surface area contributed by atoms with Crippen molar-refractivity contribution in [3.8, 4) is 0 Å². The average Bonchev–Trinajstić information content (AvgIpc) is 2.34. The Balaban J connectivity index is 2.33. The maximum atomic E-state index is 11.5. The summed E-state index contributed by atoms with van der Waals surface area (Å²) >= 11 is 0. The minimum absolute atomic E-state index is 0.0955. The summed E-state index contributed by atoms with van der Waals surface area (Å²) in [5.41, 5.74) is 1.17. The van der Waals surface area contributed by atoms with Crippen LogP contribution in [0.4, 0.5) is 0 Å². The summed E-state index contributed by atoms with van der Waals surface area (Å²) in [6, 6.07) is 9.95. The molecular formula is C14H20N2O. The van der Waals surface area contributed by atoms with E-state index >= 15 is 0 Å². The van der Waals surface area contributed by atoms with E-state index < -0.39 is 0 Å². The summed E-state index contributed by atoms with van der Waals surface area (Å²) in [5.74, 6) is 0.0955. The number of rotatable bonds is 5. The van der Waals surface area contributed by atoms with E-state index in [9.17, 15) is 4.79 Å². The van der Waals surface area contributed by atoms with Gasteiger partial charge in [0.25, 0.3) is 0 Å². The van der Waals surface area contributed by atoms with Crippen LogP contribution in [0.2, 0.25) is 0 Å². The number of hydrogen-bond donors (Lipinski definition) is 1. The van der Waals surface area contributed by atoms with E-state index in [0.29, 0.717) is 6.54 Å². The predicted octanol–water partition coefficient (Wildman–Crippen LogP) is 1.77. The van der Waals surface area contributed by atoms with Gasteiger partial charge in [0.1, 0.15) is 0 Å². The smallest absolute Gasteiger partial charge is 0.238 e. The van der Waals surface area contributed by atoms with Crippen LogP contribution in [0.1, 0.15) is 12.5 Å². The van der Waals surface area contributed by atoms with Crippen molar-refractivity contribution in [2.45, 2.75) is 13.0 Å². The van der Waals surface area contributed by atoms with Crippen molar-refractivity contribution < 1.29 is 4.79 Å². The van der Waals surface area contributed by atoms with Crippen molar-refractivity contribution in [1.82, 2.24) is 10.2 Å². The zero-order valence-corrected chi connectivity index (χ0v) is 10.7. The Morgan fingerprint density at radius 2 is 2.00 bits per heavy atom. The number of nitrogens with one attached hydrogen (secondary N) is 1. The Labute approximate surface area is 103 Å². The third-order valence-corrected chi connectivity index (χ3v) is 2.46. The number of benzene rings is 1. The van der Waals surface area contributed by atoms with E-state index in [1.54, 1.807) is 19.0 Å². The summed E-state index contributed by atoms with van der Waals surface area (Å²) < 4.78 is 0. The highest BCUT2D eigenvalue weighted by molar-refractivity contribution is 5.80. The van der Waals surface area contributed by atoms with Gasteiger partial charge in [-0.1, -0.05) is 42.5 Å². The molecule has 0 aliphatic rings. The molecule has 0 aliphatic heterocycles. The maximum absolute atomic E-state index is 11.5. The molecule has 1 aromatic carbocycles. The zero-order chi connectivity index (χ0) is 12.7. The van der Waals surface area contributed by atoms with Gasteiger partial charge < -0.3 is 10.2 Å². The number of carbonyl (C=O) groups is 1. The van der Waals surface area contributed by atoms with Crippen LogP contribution in [0.3, 0.4) is 0 Å². The predicted molar refractivity (Wildman–Crippen MR) is 71.6 cm³/mol. The highest BCUT2D eigenvalue weighted by Gasteiger charge is 2.12. The number of likely N-dealkylation sites (N-methyl/N-ethyl adjacent to an activating group) is 1. The number of carbonyl (C=O) groups excluding carboxylic acids is 1. The van der Waals surface area contributed by atoms with E-state index in [0.717, 1.165) is 0 Å². The summed E-state index contributed by atoms with van der Waals surface area (Å²) in [4.78, 5) is 13.1. The Bertz CT molecular complexity index is 371. The molecule has 3 nitrogen and oxygen atoms in total. The van der Waals surface area contributed by atoms with Gasteiger partial charge in [0, 0.05) is 20.6 Å². The molecule has 0 aliphatic carbocycles. The third kappa shape index (κ3) is 4.83. The SMILES string of the molecule is CC(NCC=Cc1ccccc1)C(=O)N(C)C. The first-order valence-electron chi connectivity index (χ1n) is 5.77. The van der Waals surface area contributed by atoms with E-state index in [1.807, 2.05) is 49.4 Å². The molecule has 0 bridgehead atoms. The van der Waals surface area contributed by atoms with E-state index in [-0.39, 0.29) is 11.9 Å². The monoisotopic (exact) mass is 232 g/mol. The minimum Gasteiger partial charge on any atom is -0.347 e. The lowest BCUT2D eigenvalue weighted by Gasteiger charge is -2.16. The Morgan fingerprint density at radius 1 is 1.35 bits per heavy atom. The molecule has 0 fully saturated rings. The van der Waals surface area contributed by atoms with Crippen LogP contribution in [-0.2, 0) is 4.79 Å². The maximum Gasteiger partial charge on any atom is 0.238 e. The first-order chi connectivity index (χ1) is 8.11. The minimum atomic E-state index is -0.148. The second-order valence-corrected chi connectivity index (χ2v) is 4.18. The molecule has 1 atom stereocenters. The quantitative estimate of drug-likeness (QED) is 0.839. The lowest BCUT2D eigenvalue weighted by Crippen LogP contribution is -2.41. The molecule has 17 heavy (non-hydrogen) atoms. The van der Waals surface area contributed by atoms with Crippen molar-refractivity contribution in [2.75, 3.05) is 20.6 Å². The Morgan fingerprint density at radius 3 is 2.59 bits per heavy atom. The standard InChI is InChI=1S/C14H20N2O/c1-12(14(17)16(2)3)15-11-7-10-13-8-5-4-6-9-13/h4-10,12,15H,11H2,1-3H3. The van der Waals surface area contributed by atoms with Crippen LogP contribution in [0.5, 0.6) is 0 Å². The van der Waals surface area contributed by atoms with Gasteiger partial charge in [-0.15, -0.1) is 0 Å². The van der Waals surface area contributed by atoms with Gasteiger partial charge in [-0.3, -0.25) is 4.79 Å². The average molecular weight is 232 g/mol. The summed E-state index contributed by atoms with van der Waals surface area (Å²) in [6.45, 7) is 2.56. The van der Waals surface area contributed by atoms with Crippen LogP contribution in [0.25, 0.3) is 6.08 Å². The Kier molecular flexibility index (Phi) is 5.43. The van der Waals surface area contributed by atoms with Crippen LogP contribution in [0.15, 0.2) is 36.4 Å². The van der Waals surface area contributed by atoms with Crippen LogP contribution in [0, 0.1) is 0 Å². The van der Waals surface area contributed by atoms with Crippen molar-refractivity contribution in [1.29, 1.82) is 0 Å². The van der Waals surface area contributed by atoms with Crippen molar-refractivity contribution in [3.63, 3.8) is 0 Å². The van der Waals surface area contributed by atoms with Gasteiger partial charge in [-0.25, -0.2) is 0 Å². The molecule has 0 saturated carbocycles. The van der Waals surface area contributed by atoms with Crippen LogP contribution >= 0.6 is 0 Å². The molecule has 1 rings (SSSR count). The Hall–Kier alpha value is -1.61. The summed E-state index contributed by atoms with van der Waals surface area (Å²) in [7, 11) is 3.53. The van der Waals surface area contributed by atoms with Gasteiger partial charge in [0.15, 0.2) is 0 Å². The fraction of sp³-hybridized carbons (Fsp3) is 0.357. The summed E-state index contributed by atoms with van der Waals surface area (Å²) in [5, 5.41) is 3.16. The molecule has 92 valence electrons. The van der Waals surface area contributed by atoms with Gasteiger partial charge in [0.05, 0.1) is 6.04 Å². The molecule has 0 aromatic heterocycles. The van der Waals surface area contributed by atoms with E-state index in [4.69, 9.17) is 0 Å². The summed E-state index contributed by atoms with van der Waals surface area (Å²) in [6.07, 6.45) is 4.06. The fourth-order valence-corrected chi connectivity index (χ4v) is 1.48. The van der Waals surface area contributed by atoms with E-state index in [2.05, 4.69) is 5.32 Å². The lowest BCUT2D eigenvalue weighted by molar-refractivity contribution is -0.130. The van der Waals surface area contributed by atoms with Crippen LogP contribution < -0.4 is 5.32 Å². The first-order valence-corrected chi connectivity index (χ1v) is 5.77. The van der Waals surface area contributed by atoms with Crippen molar-refractivity contribution in [2.24, 2.45) is 0 Å². The number of amides is 1. The van der Waals surface area contributed by atoms with Gasteiger partial charge in [-0.05, 0) is 12.5 Å². The highest BCUT2D eigenvalue weighted by Crippen LogP contribution is 2.00. The molecular weight excluding hydrogens is 212 g/mol. The topological polar surface area (TPSA) is 32.3 Å². The second kappa shape index (κ2) is 6.86. The number of nitrogens with zero attached hydrogens (tertiary/aromatic N) is 1. The van der Waals surface area contributed by atoms with Crippen LogP contribution in [-0.4, -0.2) is 37.5 Å². The highest BCUT2D eigenvalue weighted by atomic mass is 16.2. The molecule has 1 N–H and O–H groups in total. The van der Waals surface area contributed by atoms with Gasteiger partial charge in [0.2, 0.25) is 5.91 Å². The van der Waals surface area contributed by atoms with Gasteiger partial charge >= 0.3 is 0 Å². The largest absolute Gasteiger partial charge is 0.347 e. The van der Waals surface area contributed by atoms with Crippen molar-refractivity contribution >= 4 is 12.0 Å². The van der Waals surface area contributed by atoms with Gasteiger partial charge in [-0.2, -0.15) is 0 Å². The first kappa shape index (κ1) is 13.5. The van der Waals surface area contributed by atoms with E-state index in [1.165, 1.54) is 5.56 Å². The zero-order valence-electron chi connectivity index (χ0n) is 10.7. The molecule has 0 heterocycles. The third-order valence-electron chi connectivity index (χ3n) is 2.46. The molecule has 0 saturated heterocycles. The molecule has 3 heteroatoms. The molecule has 0 spiro atoms. The molecule has 1 unspecified atom stereocenters. The fourth-order valence-electron chi connectivity index (χ4n) is 1.48. The molecule has 1 amide bonds. The molecule has 1 aromatic rings. The lowest BCUT2D eigenvalue weighted by atomic mass is 10.2. The normalized spacial score (nSPS) is 12.6. The molecule has 0 radical (unpaired) electrons. The second-order valence-electron chi connectivity index (χ2n) is 4.18. The van der Waals surface area contributed by atoms with Crippen molar-refractivity contribution in [3.05, 3.63) is 42.0 Å². The number of hydrogen-bond acceptors (Lipinski definition) is 2.